The Kier molecular flexibility index (Phi) is 8.26. The van der Waals surface area contributed by atoms with Crippen LogP contribution in [0.5, 0.6) is 5.75 Å². The Labute approximate surface area is 175 Å². The van der Waals surface area contributed by atoms with E-state index in [1.54, 1.807) is 12.1 Å². The van der Waals surface area contributed by atoms with Crippen molar-refractivity contribution in [2.75, 3.05) is 0 Å². The van der Waals surface area contributed by atoms with Gasteiger partial charge in [-0.05, 0) is 60.8 Å². The Balaban J connectivity index is 1.96. The summed E-state index contributed by atoms with van der Waals surface area (Å²) >= 11 is 0. The van der Waals surface area contributed by atoms with Crippen LogP contribution in [0.1, 0.15) is 82.8 Å². The molecule has 4 nitrogen and oxygen atoms in total. The number of ether oxygens (including phenoxy) is 1. The predicted molar refractivity (Wildman–Crippen MR) is 117 cm³/mol. The molecule has 0 bridgehead atoms. The highest BCUT2D eigenvalue weighted by atomic mass is 16.5. The molecule has 0 saturated heterocycles. The van der Waals surface area contributed by atoms with Gasteiger partial charge in [0, 0.05) is 5.56 Å². The van der Waals surface area contributed by atoms with Crippen LogP contribution in [0, 0.1) is 0 Å². The topological polar surface area (TPSA) is 69.9 Å². The van der Waals surface area contributed by atoms with E-state index >= 15 is 0 Å². The van der Waals surface area contributed by atoms with Gasteiger partial charge >= 0.3 is 0 Å². The van der Waals surface area contributed by atoms with E-state index in [2.05, 4.69) is 39.8 Å². The Morgan fingerprint density at radius 1 is 0.931 bits per heavy atom. The van der Waals surface area contributed by atoms with Crippen molar-refractivity contribution in [3.05, 3.63) is 65.2 Å². The largest absolute Gasteiger partial charge is 0.489 e. The van der Waals surface area contributed by atoms with Gasteiger partial charge in [0.1, 0.15) is 12.4 Å². The van der Waals surface area contributed by atoms with Gasteiger partial charge in [0.05, 0.1) is 5.60 Å². The molecule has 0 heterocycles. The van der Waals surface area contributed by atoms with Crippen LogP contribution in [-0.4, -0.2) is 20.9 Å². The van der Waals surface area contributed by atoms with E-state index in [1.807, 2.05) is 24.3 Å². The third kappa shape index (κ3) is 6.84. The van der Waals surface area contributed by atoms with Gasteiger partial charge in [0.15, 0.2) is 6.29 Å². The van der Waals surface area contributed by atoms with Crippen molar-refractivity contribution in [1.82, 2.24) is 0 Å². The average molecular weight is 401 g/mol. The third-order valence-electron chi connectivity index (χ3n) is 6.06. The number of hydrogen-bond acceptors (Lipinski definition) is 4. The van der Waals surface area contributed by atoms with Crippen LogP contribution in [0.2, 0.25) is 0 Å². The summed E-state index contributed by atoms with van der Waals surface area (Å²) in [6.45, 7) is 9.00. The number of rotatable bonds is 11. The Morgan fingerprint density at radius 3 is 2.17 bits per heavy atom. The highest BCUT2D eigenvalue weighted by Crippen LogP contribution is 2.33. The molecule has 0 fully saturated rings. The van der Waals surface area contributed by atoms with Gasteiger partial charge in [-0.1, -0.05) is 64.1 Å². The highest BCUT2D eigenvalue weighted by Gasteiger charge is 2.25. The third-order valence-corrected chi connectivity index (χ3v) is 6.06. The lowest BCUT2D eigenvalue weighted by molar-refractivity contribution is -0.0425. The maximum atomic E-state index is 10.5. The summed E-state index contributed by atoms with van der Waals surface area (Å²) < 4.78 is 5.96. The number of hydrogen-bond donors (Lipinski definition) is 3. The maximum Gasteiger partial charge on any atom is 0.178 e. The van der Waals surface area contributed by atoms with Gasteiger partial charge in [0.2, 0.25) is 0 Å². The molecule has 4 heteroatoms. The van der Waals surface area contributed by atoms with Crippen molar-refractivity contribution in [3.63, 3.8) is 0 Å². The minimum atomic E-state index is -1.45. The van der Waals surface area contributed by atoms with Gasteiger partial charge in [-0.2, -0.15) is 0 Å². The Morgan fingerprint density at radius 2 is 1.59 bits per heavy atom. The molecule has 0 spiro atoms. The second-order valence-electron chi connectivity index (χ2n) is 8.60. The van der Waals surface area contributed by atoms with Crippen molar-refractivity contribution >= 4 is 0 Å². The molecule has 3 N–H and O–H groups in total. The van der Waals surface area contributed by atoms with Crippen LogP contribution in [0.4, 0.5) is 0 Å². The van der Waals surface area contributed by atoms with E-state index in [9.17, 15) is 15.3 Å². The Hall–Kier alpha value is -1.88. The minimum Gasteiger partial charge on any atom is -0.489 e. The van der Waals surface area contributed by atoms with Crippen molar-refractivity contribution < 1.29 is 20.1 Å². The lowest BCUT2D eigenvalue weighted by Gasteiger charge is -2.29. The van der Waals surface area contributed by atoms with Crippen LogP contribution in [0.15, 0.2) is 48.5 Å². The van der Waals surface area contributed by atoms with Gasteiger partial charge in [0.25, 0.3) is 0 Å². The normalized spacial score (nSPS) is 12.4. The van der Waals surface area contributed by atoms with Crippen LogP contribution >= 0.6 is 0 Å². The lowest BCUT2D eigenvalue weighted by atomic mass is 9.78. The van der Waals surface area contributed by atoms with Crippen molar-refractivity contribution in [3.8, 4) is 5.75 Å². The summed E-state index contributed by atoms with van der Waals surface area (Å²) in [7, 11) is 0. The van der Waals surface area contributed by atoms with E-state index in [4.69, 9.17) is 4.74 Å². The highest BCUT2D eigenvalue weighted by molar-refractivity contribution is 5.33. The molecule has 0 atom stereocenters. The van der Waals surface area contributed by atoms with Crippen molar-refractivity contribution in [2.24, 2.45) is 0 Å². The zero-order valence-corrected chi connectivity index (χ0v) is 18.2. The minimum absolute atomic E-state index is 0.000670. The van der Waals surface area contributed by atoms with E-state index in [0.29, 0.717) is 12.2 Å². The molecule has 0 aliphatic heterocycles. The van der Waals surface area contributed by atoms with E-state index in [-0.39, 0.29) is 5.41 Å². The first-order chi connectivity index (χ1) is 13.7. The molecule has 0 saturated carbocycles. The van der Waals surface area contributed by atoms with Gasteiger partial charge in [-0.25, -0.2) is 0 Å². The summed E-state index contributed by atoms with van der Waals surface area (Å²) in [5, 5.41) is 28.9. The summed E-state index contributed by atoms with van der Waals surface area (Å²) in [5.74, 6) is 0.820. The SMILES string of the molecule is CCC(O)(CC)CCCC(C)(C)c1cccc(OCc2ccc(C(O)O)cc2)c1. The second kappa shape index (κ2) is 10.2. The monoisotopic (exact) mass is 400 g/mol. The summed E-state index contributed by atoms with van der Waals surface area (Å²) in [5.41, 5.74) is 2.13. The fourth-order valence-electron chi connectivity index (χ4n) is 3.57. The quantitative estimate of drug-likeness (QED) is 0.451. The standard InChI is InChI=1S/C25H36O4/c1-5-25(28,6-2)16-8-15-24(3,4)21-9-7-10-22(17-21)29-18-19-11-13-20(14-12-19)23(26)27/h7,9-14,17,23,26-28H,5-6,8,15-16,18H2,1-4H3. The fraction of sp³-hybridized carbons (Fsp3) is 0.520. The van der Waals surface area contributed by atoms with E-state index in [0.717, 1.165) is 43.4 Å². The van der Waals surface area contributed by atoms with Crippen molar-refractivity contribution in [1.29, 1.82) is 0 Å². The van der Waals surface area contributed by atoms with E-state index < -0.39 is 11.9 Å². The average Bonchev–Trinajstić information content (AvgIpc) is 2.72. The first-order valence-electron chi connectivity index (χ1n) is 10.6. The molecule has 2 rings (SSSR count). The zero-order valence-electron chi connectivity index (χ0n) is 18.2. The number of aliphatic hydroxyl groups excluding tert-OH is 1. The molecule has 29 heavy (non-hydrogen) atoms. The molecule has 0 radical (unpaired) electrons. The van der Waals surface area contributed by atoms with E-state index in [1.165, 1.54) is 5.56 Å². The molecule has 160 valence electrons. The second-order valence-corrected chi connectivity index (χ2v) is 8.60. The maximum absolute atomic E-state index is 10.5. The first-order valence-corrected chi connectivity index (χ1v) is 10.6. The molecule has 0 aliphatic rings. The van der Waals surface area contributed by atoms with Crippen molar-refractivity contribution in [2.45, 2.75) is 83.7 Å². The molecule has 0 aromatic heterocycles. The fourth-order valence-corrected chi connectivity index (χ4v) is 3.57. The van der Waals surface area contributed by atoms with Crippen LogP contribution < -0.4 is 4.74 Å². The van der Waals surface area contributed by atoms with Gasteiger partial charge in [-0.3, -0.25) is 0 Å². The molecule has 0 amide bonds. The number of aliphatic hydroxyl groups is 3. The molecule has 0 unspecified atom stereocenters. The van der Waals surface area contributed by atoms with Gasteiger partial charge < -0.3 is 20.1 Å². The predicted octanol–water partition coefficient (Wildman–Crippen LogP) is 5.25. The van der Waals surface area contributed by atoms with Crippen LogP contribution in [-0.2, 0) is 12.0 Å². The van der Waals surface area contributed by atoms with Crippen LogP contribution in [0.25, 0.3) is 0 Å². The molecular formula is C25H36O4. The summed E-state index contributed by atoms with van der Waals surface area (Å²) in [6, 6.07) is 15.3. The smallest absolute Gasteiger partial charge is 0.178 e. The molecule has 2 aromatic carbocycles. The molecule has 2 aromatic rings. The zero-order chi connectivity index (χ0) is 21.5. The summed E-state index contributed by atoms with van der Waals surface area (Å²) in [6.07, 6.45) is 2.97. The Bertz CT molecular complexity index is 746. The molecule has 0 aliphatic carbocycles. The summed E-state index contributed by atoms with van der Waals surface area (Å²) in [4.78, 5) is 0. The van der Waals surface area contributed by atoms with Crippen LogP contribution in [0.3, 0.4) is 0 Å². The first kappa shape index (κ1) is 23.4. The molecular weight excluding hydrogens is 364 g/mol. The lowest BCUT2D eigenvalue weighted by Crippen LogP contribution is -2.27. The van der Waals surface area contributed by atoms with Gasteiger partial charge in [-0.15, -0.1) is 0 Å². The number of benzene rings is 2.